The second-order valence-corrected chi connectivity index (χ2v) is 8.00. The molecular formula is C17H27BN2O6. The number of nitrogens with zero attached hydrogens (tertiary/aromatic N) is 1. The number of nitro benzene ring substituents is 1. The SMILES string of the molecule is CC(C)(CCOC(C)(C)C)CNC(=O)c1cc(B(O)O)cc([N+](=O)[O-])c1. The van der Waals surface area contributed by atoms with Crippen LogP contribution in [0.25, 0.3) is 0 Å². The molecule has 0 atom stereocenters. The molecule has 0 radical (unpaired) electrons. The summed E-state index contributed by atoms with van der Waals surface area (Å²) < 4.78 is 5.70. The van der Waals surface area contributed by atoms with Gasteiger partial charge in [-0.05, 0) is 44.1 Å². The van der Waals surface area contributed by atoms with Gasteiger partial charge >= 0.3 is 7.12 Å². The van der Waals surface area contributed by atoms with Crippen molar-refractivity contribution in [1.29, 1.82) is 0 Å². The fraction of sp³-hybridized carbons (Fsp3) is 0.588. The lowest BCUT2D eigenvalue weighted by atomic mass is 9.79. The van der Waals surface area contributed by atoms with E-state index in [9.17, 15) is 25.0 Å². The third kappa shape index (κ3) is 7.51. The van der Waals surface area contributed by atoms with Crippen molar-refractivity contribution in [3.8, 4) is 0 Å². The predicted octanol–water partition coefficient (Wildman–Crippen LogP) is 1.24. The van der Waals surface area contributed by atoms with Crippen LogP contribution in [-0.2, 0) is 4.74 Å². The van der Waals surface area contributed by atoms with Crippen LogP contribution in [0.3, 0.4) is 0 Å². The van der Waals surface area contributed by atoms with Gasteiger partial charge in [0.05, 0.1) is 10.5 Å². The van der Waals surface area contributed by atoms with Gasteiger partial charge in [-0.25, -0.2) is 0 Å². The Hall–Kier alpha value is -1.97. The molecule has 0 heterocycles. The van der Waals surface area contributed by atoms with Crippen LogP contribution in [0.4, 0.5) is 5.69 Å². The second-order valence-electron chi connectivity index (χ2n) is 8.00. The Bertz CT molecular complexity index is 655. The molecule has 0 unspecified atom stereocenters. The maximum absolute atomic E-state index is 12.3. The lowest BCUT2D eigenvalue weighted by Gasteiger charge is -2.27. The largest absolute Gasteiger partial charge is 0.488 e. The van der Waals surface area contributed by atoms with Crippen LogP contribution >= 0.6 is 0 Å². The number of benzene rings is 1. The first-order valence-corrected chi connectivity index (χ1v) is 8.38. The standard InChI is InChI=1S/C17H27BN2O6/c1-16(2,3)26-7-6-17(4,5)11-19-15(21)12-8-13(18(22)23)10-14(9-12)20(24)25/h8-10,22-23H,6-7,11H2,1-5H3,(H,19,21). The first kappa shape index (κ1) is 22.1. The molecule has 0 aliphatic heterocycles. The molecule has 0 aliphatic carbocycles. The van der Waals surface area contributed by atoms with Crippen LogP contribution < -0.4 is 10.8 Å². The summed E-state index contributed by atoms with van der Waals surface area (Å²) in [4.78, 5) is 22.6. The lowest BCUT2D eigenvalue weighted by Crippen LogP contribution is -2.36. The number of amides is 1. The number of rotatable bonds is 8. The zero-order valence-corrected chi connectivity index (χ0v) is 15.9. The number of ether oxygens (including phenoxy) is 1. The smallest absolute Gasteiger partial charge is 0.423 e. The first-order chi connectivity index (χ1) is 11.8. The molecule has 3 N–H and O–H groups in total. The third-order valence-electron chi connectivity index (χ3n) is 3.75. The van der Waals surface area contributed by atoms with Crippen molar-refractivity contribution in [3.05, 3.63) is 33.9 Å². The first-order valence-electron chi connectivity index (χ1n) is 8.38. The highest BCUT2D eigenvalue weighted by molar-refractivity contribution is 6.58. The Morgan fingerprint density at radius 2 is 1.85 bits per heavy atom. The second kappa shape index (κ2) is 8.61. The van der Waals surface area contributed by atoms with Crippen molar-refractivity contribution in [2.24, 2.45) is 5.41 Å². The van der Waals surface area contributed by atoms with Crippen molar-refractivity contribution < 1.29 is 24.5 Å². The van der Waals surface area contributed by atoms with E-state index >= 15 is 0 Å². The zero-order chi connectivity index (χ0) is 20.1. The lowest BCUT2D eigenvalue weighted by molar-refractivity contribution is -0.384. The van der Waals surface area contributed by atoms with E-state index in [1.54, 1.807) is 0 Å². The summed E-state index contributed by atoms with van der Waals surface area (Å²) in [5, 5.41) is 32.2. The van der Waals surface area contributed by atoms with Crippen molar-refractivity contribution in [3.63, 3.8) is 0 Å². The van der Waals surface area contributed by atoms with Crippen LogP contribution in [-0.4, -0.2) is 46.7 Å². The van der Waals surface area contributed by atoms with Gasteiger partial charge in [-0.3, -0.25) is 14.9 Å². The summed E-state index contributed by atoms with van der Waals surface area (Å²) in [6, 6.07) is 3.36. The molecule has 9 heteroatoms. The van der Waals surface area contributed by atoms with E-state index in [-0.39, 0.29) is 27.7 Å². The number of hydrogen-bond donors (Lipinski definition) is 3. The van der Waals surface area contributed by atoms with Crippen LogP contribution in [0.5, 0.6) is 0 Å². The Labute approximate surface area is 153 Å². The van der Waals surface area contributed by atoms with E-state index in [1.807, 2.05) is 34.6 Å². The maximum atomic E-state index is 12.3. The molecule has 8 nitrogen and oxygen atoms in total. The molecule has 144 valence electrons. The van der Waals surface area contributed by atoms with E-state index < -0.39 is 17.9 Å². The molecule has 0 aromatic heterocycles. The van der Waals surface area contributed by atoms with Crippen LogP contribution in [0, 0.1) is 15.5 Å². The van der Waals surface area contributed by atoms with E-state index in [2.05, 4.69) is 5.32 Å². The average molecular weight is 366 g/mol. The van der Waals surface area contributed by atoms with Crippen molar-refractivity contribution >= 4 is 24.2 Å². The molecular weight excluding hydrogens is 339 g/mol. The molecule has 0 spiro atoms. The van der Waals surface area contributed by atoms with E-state index in [1.165, 1.54) is 6.07 Å². The van der Waals surface area contributed by atoms with Gasteiger partial charge in [-0.1, -0.05) is 13.8 Å². The van der Waals surface area contributed by atoms with Gasteiger partial charge in [0.15, 0.2) is 0 Å². The summed E-state index contributed by atoms with van der Waals surface area (Å²) >= 11 is 0. The highest BCUT2D eigenvalue weighted by Gasteiger charge is 2.23. The number of non-ortho nitro benzene ring substituents is 1. The van der Waals surface area contributed by atoms with Gasteiger partial charge < -0.3 is 20.1 Å². The number of carbonyl (C=O) groups excluding carboxylic acids is 1. The number of nitro groups is 1. The average Bonchev–Trinajstić information content (AvgIpc) is 2.50. The minimum Gasteiger partial charge on any atom is -0.423 e. The van der Waals surface area contributed by atoms with E-state index in [0.29, 0.717) is 13.2 Å². The van der Waals surface area contributed by atoms with Crippen molar-refractivity contribution in [2.45, 2.75) is 46.6 Å². The Balaban J connectivity index is 2.76. The molecule has 1 aromatic carbocycles. The van der Waals surface area contributed by atoms with Gasteiger partial charge in [-0.15, -0.1) is 0 Å². The molecule has 1 rings (SSSR count). The van der Waals surface area contributed by atoms with Crippen molar-refractivity contribution in [1.82, 2.24) is 5.32 Å². The number of nitrogens with one attached hydrogen (secondary N) is 1. The summed E-state index contributed by atoms with van der Waals surface area (Å²) in [7, 11) is -1.90. The fourth-order valence-electron chi connectivity index (χ4n) is 2.16. The topological polar surface area (TPSA) is 122 Å². The molecule has 1 amide bonds. The van der Waals surface area contributed by atoms with Crippen LogP contribution in [0.2, 0.25) is 0 Å². The summed E-state index contributed by atoms with van der Waals surface area (Å²) in [6.07, 6.45) is 0.722. The van der Waals surface area contributed by atoms with Gasteiger partial charge in [0.2, 0.25) is 0 Å². The molecule has 0 saturated heterocycles. The van der Waals surface area contributed by atoms with E-state index in [0.717, 1.165) is 18.6 Å². The molecule has 0 saturated carbocycles. The third-order valence-corrected chi connectivity index (χ3v) is 3.75. The van der Waals surface area contributed by atoms with Crippen LogP contribution in [0.1, 0.15) is 51.4 Å². The zero-order valence-electron chi connectivity index (χ0n) is 15.9. The summed E-state index contributed by atoms with van der Waals surface area (Å²) in [6.45, 7) is 10.8. The Morgan fingerprint density at radius 3 is 2.35 bits per heavy atom. The Morgan fingerprint density at radius 1 is 1.23 bits per heavy atom. The highest BCUT2D eigenvalue weighted by atomic mass is 16.6. The highest BCUT2D eigenvalue weighted by Crippen LogP contribution is 2.21. The van der Waals surface area contributed by atoms with Crippen molar-refractivity contribution in [2.75, 3.05) is 13.2 Å². The minimum atomic E-state index is -1.90. The predicted molar refractivity (Wildman–Crippen MR) is 99.4 cm³/mol. The quantitative estimate of drug-likeness (QED) is 0.361. The van der Waals surface area contributed by atoms with Gasteiger partial charge in [-0.2, -0.15) is 0 Å². The van der Waals surface area contributed by atoms with Gasteiger partial charge in [0, 0.05) is 30.8 Å². The normalized spacial score (nSPS) is 12.0. The Kier molecular flexibility index (Phi) is 7.31. The van der Waals surface area contributed by atoms with Crippen LogP contribution in [0.15, 0.2) is 18.2 Å². The molecule has 0 aliphatic rings. The number of carbonyl (C=O) groups is 1. The molecule has 0 fully saturated rings. The fourth-order valence-corrected chi connectivity index (χ4v) is 2.16. The maximum Gasteiger partial charge on any atom is 0.488 e. The van der Waals surface area contributed by atoms with Gasteiger partial charge in [0.1, 0.15) is 0 Å². The molecule has 26 heavy (non-hydrogen) atoms. The molecule has 1 aromatic rings. The van der Waals surface area contributed by atoms with Gasteiger partial charge in [0.25, 0.3) is 11.6 Å². The minimum absolute atomic E-state index is 0.00374. The van der Waals surface area contributed by atoms with E-state index in [4.69, 9.17) is 4.74 Å². The molecule has 0 bridgehead atoms. The monoisotopic (exact) mass is 366 g/mol. The summed E-state index contributed by atoms with van der Waals surface area (Å²) in [5.74, 6) is -0.514. The number of hydrogen-bond acceptors (Lipinski definition) is 6. The summed E-state index contributed by atoms with van der Waals surface area (Å²) in [5.41, 5.74) is -0.949.